The van der Waals surface area contributed by atoms with Gasteiger partial charge in [-0.2, -0.15) is 0 Å². The maximum absolute atomic E-state index is 13.0. The Kier molecular flexibility index (Phi) is 6.04. The molecule has 3 aliphatic rings. The van der Waals surface area contributed by atoms with Crippen molar-refractivity contribution < 1.29 is 14.4 Å². The summed E-state index contributed by atoms with van der Waals surface area (Å²) in [7, 11) is 0. The molecule has 2 saturated heterocycles. The third-order valence-electron chi connectivity index (χ3n) is 6.72. The van der Waals surface area contributed by atoms with Crippen LogP contribution in [0.2, 0.25) is 0 Å². The minimum absolute atomic E-state index is 0.153. The Hall–Kier alpha value is -2.48. The number of rotatable bonds is 4. The Morgan fingerprint density at radius 2 is 1.97 bits per heavy atom. The molecule has 1 aliphatic carbocycles. The molecule has 1 saturated carbocycles. The minimum atomic E-state index is -0.790. The van der Waals surface area contributed by atoms with Crippen LogP contribution in [-0.4, -0.2) is 75.8 Å². The number of carbonyl (C=O) groups is 3. The predicted octanol–water partition coefficient (Wildman–Crippen LogP) is 1.62. The molecular weight excluding hydrogens is 382 g/mol. The zero-order valence-electron chi connectivity index (χ0n) is 17.7. The molecule has 4 amide bonds. The first kappa shape index (κ1) is 20.8. The smallest absolute Gasteiger partial charge is 0.325 e. The van der Waals surface area contributed by atoms with Crippen LogP contribution in [-0.2, 0) is 16.1 Å². The van der Waals surface area contributed by atoms with Crippen LogP contribution in [0.4, 0.5) is 4.79 Å². The van der Waals surface area contributed by atoms with Crippen LogP contribution in [0.3, 0.4) is 0 Å². The highest BCUT2D eigenvalue weighted by molar-refractivity contribution is 6.09. The summed E-state index contributed by atoms with van der Waals surface area (Å²) in [5, 5.41) is 2.90. The van der Waals surface area contributed by atoms with Gasteiger partial charge < -0.3 is 10.2 Å². The number of amides is 4. The van der Waals surface area contributed by atoms with Crippen molar-refractivity contribution in [2.75, 3.05) is 32.7 Å². The summed E-state index contributed by atoms with van der Waals surface area (Å²) in [6.07, 6.45) is 5.82. The first-order valence-electron chi connectivity index (χ1n) is 11.0. The maximum Gasteiger partial charge on any atom is 0.325 e. The topological polar surface area (TPSA) is 85.8 Å². The lowest BCUT2D eigenvalue weighted by Crippen LogP contribution is -2.50. The molecular formula is C22H31N5O3. The van der Waals surface area contributed by atoms with E-state index in [1.165, 1.54) is 0 Å². The summed E-state index contributed by atoms with van der Waals surface area (Å²) < 4.78 is 0. The average Bonchev–Trinajstić information content (AvgIpc) is 2.90. The Bertz CT molecular complexity index is 791. The molecule has 0 atom stereocenters. The van der Waals surface area contributed by atoms with E-state index in [1.54, 1.807) is 11.1 Å². The lowest BCUT2D eigenvalue weighted by molar-refractivity contribution is -0.139. The van der Waals surface area contributed by atoms with Gasteiger partial charge in [0.15, 0.2) is 0 Å². The van der Waals surface area contributed by atoms with Gasteiger partial charge in [-0.25, -0.2) is 4.79 Å². The lowest BCUT2D eigenvalue weighted by atomic mass is 9.77. The van der Waals surface area contributed by atoms with E-state index in [2.05, 4.69) is 22.1 Å². The maximum atomic E-state index is 13.0. The van der Waals surface area contributed by atoms with Crippen molar-refractivity contribution in [3.05, 3.63) is 30.1 Å². The molecule has 0 unspecified atom stereocenters. The number of hydrogen-bond acceptors (Lipinski definition) is 5. The van der Waals surface area contributed by atoms with Crippen molar-refractivity contribution in [1.29, 1.82) is 0 Å². The van der Waals surface area contributed by atoms with E-state index in [1.807, 2.05) is 18.2 Å². The highest BCUT2D eigenvalue weighted by atomic mass is 16.2. The highest BCUT2D eigenvalue weighted by Crippen LogP contribution is 2.36. The van der Waals surface area contributed by atoms with E-state index in [-0.39, 0.29) is 18.4 Å². The standard InChI is InChI=1S/C22H31N5O3/c1-17-6-8-22(9-7-17)20(29)27(21(30)24-22)16-19(28)26-12-4-11-25(13-14-26)15-18-5-2-3-10-23-18/h2-3,5,10,17H,4,6-9,11-16H2,1H3,(H,24,30). The number of urea groups is 1. The lowest BCUT2D eigenvalue weighted by Gasteiger charge is -2.33. The van der Waals surface area contributed by atoms with Crippen molar-refractivity contribution >= 4 is 17.8 Å². The Morgan fingerprint density at radius 1 is 1.17 bits per heavy atom. The van der Waals surface area contributed by atoms with Crippen molar-refractivity contribution in [2.24, 2.45) is 5.92 Å². The molecule has 3 heterocycles. The van der Waals surface area contributed by atoms with Crippen molar-refractivity contribution in [3.8, 4) is 0 Å². The predicted molar refractivity (Wildman–Crippen MR) is 111 cm³/mol. The number of nitrogens with zero attached hydrogens (tertiary/aromatic N) is 4. The monoisotopic (exact) mass is 413 g/mol. The molecule has 0 aromatic carbocycles. The second-order valence-electron chi connectivity index (χ2n) is 8.92. The number of pyridine rings is 1. The van der Waals surface area contributed by atoms with E-state index in [4.69, 9.17) is 0 Å². The van der Waals surface area contributed by atoms with Gasteiger partial charge >= 0.3 is 6.03 Å². The molecule has 8 nitrogen and oxygen atoms in total. The molecule has 8 heteroatoms. The number of carbonyl (C=O) groups excluding carboxylic acids is 3. The fourth-order valence-corrected chi connectivity index (χ4v) is 4.75. The molecule has 4 rings (SSSR count). The van der Waals surface area contributed by atoms with Crippen molar-refractivity contribution in [2.45, 2.75) is 51.1 Å². The Labute approximate surface area is 177 Å². The fourth-order valence-electron chi connectivity index (χ4n) is 4.75. The summed E-state index contributed by atoms with van der Waals surface area (Å²) in [5.41, 5.74) is 0.228. The summed E-state index contributed by atoms with van der Waals surface area (Å²) in [5.74, 6) is 0.195. The number of hydrogen-bond donors (Lipinski definition) is 1. The summed E-state index contributed by atoms with van der Waals surface area (Å²) in [6.45, 7) is 5.65. The fraction of sp³-hybridized carbons (Fsp3) is 0.636. The molecule has 30 heavy (non-hydrogen) atoms. The second-order valence-corrected chi connectivity index (χ2v) is 8.92. The molecule has 162 valence electrons. The quantitative estimate of drug-likeness (QED) is 0.758. The van der Waals surface area contributed by atoms with Gasteiger partial charge in [0, 0.05) is 38.9 Å². The molecule has 1 aromatic heterocycles. The van der Waals surface area contributed by atoms with E-state index < -0.39 is 11.6 Å². The molecule has 1 spiro atoms. The van der Waals surface area contributed by atoms with Gasteiger partial charge in [-0.05, 0) is 50.2 Å². The molecule has 1 N–H and O–H groups in total. The van der Waals surface area contributed by atoms with Gasteiger partial charge in [-0.15, -0.1) is 0 Å². The average molecular weight is 414 g/mol. The van der Waals surface area contributed by atoms with Gasteiger partial charge in [0.2, 0.25) is 5.91 Å². The Morgan fingerprint density at radius 3 is 2.70 bits per heavy atom. The SMILES string of the molecule is CC1CCC2(CC1)NC(=O)N(CC(=O)N1CCCN(Cc3ccccn3)CC1)C2=O. The minimum Gasteiger partial charge on any atom is -0.340 e. The van der Waals surface area contributed by atoms with Gasteiger partial charge in [0.25, 0.3) is 5.91 Å². The van der Waals surface area contributed by atoms with E-state index in [9.17, 15) is 14.4 Å². The number of aromatic nitrogens is 1. The van der Waals surface area contributed by atoms with Crippen LogP contribution < -0.4 is 5.32 Å². The van der Waals surface area contributed by atoms with Crippen molar-refractivity contribution in [1.82, 2.24) is 25.0 Å². The van der Waals surface area contributed by atoms with E-state index in [0.717, 1.165) is 49.5 Å². The number of imide groups is 1. The molecule has 0 radical (unpaired) electrons. The largest absolute Gasteiger partial charge is 0.340 e. The van der Waals surface area contributed by atoms with E-state index >= 15 is 0 Å². The van der Waals surface area contributed by atoms with Crippen molar-refractivity contribution in [3.63, 3.8) is 0 Å². The first-order chi connectivity index (χ1) is 14.5. The third kappa shape index (κ3) is 4.33. The van der Waals surface area contributed by atoms with Gasteiger partial charge in [0.1, 0.15) is 12.1 Å². The van der Waals surface area contributed by atoms with Crippen LogP contribution in [0.25, 0.3) is 0 Å². The van der Waals surface area contributed by atoms with E-state index in [0.29, 0.717) is 31.8 Å². The first-order valence-corrected chi connectivity index (χ1v) is 11.0. The van der Waals surface area contributed by atoms with Crippen LogP contribution in [0.15, 0.2) is 24.4 Å². The van der Waals surface area contributed by atoms with Crippen LogP contribution in [0.5, 0.6) is 0 Å². The molecule has 2 aliphatic heterocycles. The highest BCUT2D eigenvalue weighted by Gasteiger charge is 2.52. The molecule has 3 fully saturated rings. The van der Waals surface area contributed by atoms with Gasteiger partial charge in [-0.3, -0.25) is 24.4 Å². The van der Waals surface area contributed by atoms with Crippen LogP contribution in [0.1, 0.15) is 44.7 Å². The molecule has 0 bridgehead atoms. The van der Waals surface area contributed by atoms with Crippen LogP contribution in [0, 0.1) is 5.92 Å². The zero-order chi connectivity index (χ0) is 21.1. The summed E-state index contributed by atoms with van der Waals surface area (Å²) >= 11 is 0. The second kappa shape index (κ2) is 8.71. The zero-order valence-corrected chi connectivity index (χ0v) is 17.7. The Balaban J connectivity index is 1.32. The van der Waals surface area contributed by atoms with Crippen LogP contribution >= 0.6 is 0 Å². The van der Waals surface area contributed by atoms with Gasteiger partial charge in [0.05, 0.1) is 5.69 Å². The molecule has 1 aromatic rings. The summed E-state index contributed by atoms with van der Waals surface area (Å²) in [4.78, 5) is 48.0. The third-order valence-corrected chi connectivity index (χ3v) is 6.72. The normalized spacial score (nSPS) is 28.0. The summed E-state index contributed by atoms with van der Waals surface area (Å²) in [6, 6.07) is 5.47. The van der Waals surface area contributed by atoms with Gasteiger partial charge in [-0.1, -0.05) is 13.0 Å². The number of nitrogens with one attached hydrogen (secondary N) is 1.